The van der Waals surface area contributed by atoms with E-state index in [4.69, 9.17) is 21.7 Å². The minimum absolute atomic E-state index is 0.411. The molecule has 0 fully saturated rings. The highest BCUT2D eigenvalue weighted by atomic mass is 16.4. The standard InChI is InChI=1S/C15H25N5O8/c1-6(2)12(20-13(25)7(16)3-9(17)21)14(26)18-5-10(22)19-8(15(27)28)4-11(23)24/h6-8,12H,3-5,16H2,1-2H3,(H2,17,21)(H,18,26)(H,19,22)(H,20,25)(H,23,24)(H,27,28). The van der Waals surface area contributed by atoms with Gasteiger partial charge in [-0.2, -0.15) is 0 Å². The van der Waals surface area contributed by atoms with Gasteiger partial charge in [0.05, 0.1) is 25.4 Å². The molecule has 0 aliphatic rings. The summed E-state index contributed by atoms with van der Waals surface area (Å²) >= 11 is 0. The van der Waals surface area contributed by atoms with Gasteiger partial charge in [0, 0.05) is 0 Å². The summed E-state index contributed by atoms with van der Waals surface area (Å²) in [5, 5.41) is 24.0. The van der Waals surface area contributed by atoms with Crippen molar-refractivity contribution in [2.45, 2.75) is 44.8 Å². The summed E-state index contributed by atoms with van der Waals surface area (Å²) in [5.74, 6) is -6.64. The summed E-state index contributed by atoms with van der Waals surface area (Å²) in [6.45, 7) is 2.57. The van der Waals surface area contributed by atoms with Crippen LogP contribution < -0.4 is 27.4 Å². The molecule has 0 bridgehead atoms. The number of nitrogens with two attached hydrogens (primary N) is 2. The summed E-state index contributed by atoms with van der Waals surface area (Å²) in [6.07, 6.45) is -1.25. The molecule has 0 heterocycles. The number of rotatable bonds is 12. The van der Waals surface area contributed by atoms with Crippen molar-refractivity contribution < 1.29 is 39.0 Å². The molecule has 3 atom stereocenters. The van der Waals surface area contributed by atoms with E-state index in [1.807, 2.05) is 5.32 Å². The van der Waals surface area contributed by atoms with Crippen molar-refractivity contribution in [1.82, 2.24) is 16.0 Å². The maximum atomic E-state index is 12.2. The number of carbonyl (C=O) groups is 6. The van der Waals surface area contributed by atoms with E-state index in [9.17, 15) is 28.8 Å². The number of carbonyl (C=O) groups excluding carboxylic acids is 4. The Morgan fingerprint density at radius 2 is 1.50 bits per heavy atom. The monoisotopic (exact) mass is 403 g/mol. The fourth-order valence-corrected chi connectivity index (χ4v) is 2.00. The van der Waals surface area contributed by atoms with Gasteiger partial charge in [-0.25, -0.2) is 4.79 Å². The number of carboxylic acids is 2. The van der Waals surface area contributed by atoms with Crippen molar-refractivity contribution in [2.24, 2.45) is 17.4 Å². The third-order valence-electron chi connectivity index (χ3n) is 3.44. The molecule has 13 nitrogen and oxygen atoms in total. The lowest BCUT2D eigenvalue weighted by atomic mass is 10.0. The second kappa shape index (κ2) is 11.5. The molecule has 0 saturated heterocycles. The fourth-order valence-electron chi connectivity index (χ4n) is 2.00. The molecule has 28 heavy (non-hydrogen) atoms. The lowest BCUT2D eigenvalue weighted by Gasteiger charge is -2.23. The van der Waals surface area contributed by atoms with Gasteiger partial charge >= 0.3 is 11.9 Å². The van der Waals surface area contributed by atoms with Crippen LogP contribution in [0.1, 0.15) is 26.7 Å². The van der Waals surface area contributed by atoms with E-state index in [1.54, 1.807) is 13.8 Å². The highest BCUT2D eigenvalue weighted by Crippen LogP contribution is 2.03. The van der Waals surface area contributed by atoms with E-state index >= 15 is 0 Å². The number of hydrogen-bond acceptors (Lipinski definition) is 7. The molecule has 0 aromatic heterocycles. The summed E-state index contributed by atoms with van der Waals surface area (Å²) in [5.41, 5.74) is 10.5. The third kappa shape index (κ3) is 9.47. The summed E-state index contributed by atoms with van der Waals surface area (Å²) < 4.78 is 0. The molecule has 9 N–H and O–H groups in total. The first-order chi connectivity index (χ1) is 12.8. The Morgan fingerprint density at radius 3 is 1.93 bits per heavy atom. The second-order valence-electron chi connectivity index (χ2n) is 6.28. The molecule has 0 aromatic rings. The maximum Gasteiger partial charge on any atom is 0.326 e. The van der Waals surface area contributed by atoms with Crippen LogP contribution in [0.4, 0.5) is 0 Å². The van der Waals surface area contributed by atoms with E-state index in [0.717, 1.165) is 0 Å². The molecule has 13 heteroatoms. The predicted octanol–water partition coefficient (Wildman–Crippen LogP) is -3.51. The van der Waals surface area contributed by atoms with E-state index in [2.05, 4.69) is 10.6 Å². The van der Waals surface area contributed by atoms with Gasteiger partial charge in [0.2, 0.25) is 23.6 Å². The quantitative estimate of drug-likeness (QED) is 0.171. The highest BCUT2D eigenvalue weighted by molar-refractivity contribution is 5.94. The Morgan fingerprint density at radius 1 is 0.929 bits per heavy atom. The topological polar surface area (TPSA) is 231 Å². The van der Waals surface area contributed by atoms with Gasteiger partial charge in [0.1, 0.15) is 12.1 Å². The Bertz CT molecular complexity index is 636. The zero-order valence-electron chi connectivity index (χ0n) is 15.4. The number of nitrogens with one attached hydrogen (secondary N) is 3. The highest BCUT2D eigenvalue weighted by Gasteiger charge is 2.28. The second-order valence-corrected chi connectivity index (χ2v) is 6.28. The zero-order chi connectivity index (χ0) is 22.0. The van der Waals surface area contributed by atoms with Crippen LogP contribution >= 0.6 is 0 Å². The van der Waals surface area contributed by atoms with Crippen molar-refractivity contribution in [1.29, 1.82) is 0 Å². The van der Waals surface area contributed by atoms with Crippen molar-refractivity contribution in [3.63, 3.8) is 0 Å². The van der Waals surface area contributed by atoms with Crippen LogP contribution in [0.25, 0.3) is 0 Å². The van der Waals surface area contributed by atoms with Crippen LogP contribution in [0.2, 0.25) is 0 Å². The van der Waals surface area contributed by atoms with Crippen LogP contribution in [-0.4, -0.2) is 70.5 Å². The van der Waals surface area contributed by atoms with E-state index in [-0.39, 0.29) is 0 Å². The molecule has 0 saturated carbocycles. The van der Waals surface area contributed by atoms with Gasteiger partial charge in [-0.05, 0) is 5.92 Å². The summed E-state index contributed by atoms with van der Waals surface area (Å²) in [6, 6.07) is -4.00. The zero-order valence-corrected chi connectivity index (χ0v) is 15.4. The minimum atomic E-state index is -1.66. The predicted molar refractivity (Wildman–Crippen MR) is 93.4 cm³/mol. The lowest BCUT2D eigenvalue weighted by molar-refractivity contribution is -0.147. The molecular weight excluding hydrogens is 378 g/mol. The molecule has 0 rings (SSSR count). The fraction of sp³-hybridized carbons (Fsp3) is 0.600. The molecular formula is C15H25N5O8. The van der Waals surface area contributed by atoms with Crippen LogP contribution in [0.3, 0.4) is 0 Å². The maximum absolute atomic E-state index is 12.2. The molecule has 0 radical (unpaired) electrons. The number of aliphatic carboxylic acids is 2. The molecule has 0 aliphatic heterocycles. The first-order valence-electron chi connectivity index (χ1n) is 8.21. The van der Waals surface area contributed by atoms with Crippen LogP contribution in [0.15, 0.2) is 0 Å². The van der Waals surface area contributed by atoms with Gasteiger partial charge in [0.15, 0.2) is 0 Å². The first kappa shape index (κ1) is 24.8. The molecule has 4 amide bonds. The van der Waals surface area contributed by atoms with Crippen LogP contribution in [0.5, 0.6) is 0 Å². The van der Waals surface area contributed by atoms with Gasteiger partial charge in [-0.15, -0.1) is 0 Å². The smallest absolute Gasteiger partial charge is 0.326 e. The molecule has 3 unspecified atom stereocenters. The first-order valence-corrected chi connectivity index (χ1v) is 8.21. The lowest BCUT2D eigenvalue weighted by Crippen LogP contribution is -2.55. The SMILES string of the molecule is CC(C)C(NC(=O)C(N)CC(N)=O)C(=O)NCC(=O)NC(CC(=O)O)C(=O)O. The summed E-state index contributed by atoms with van der Waals surface area (Å²) in [4.78, 5) is 68.2. The van der Waals surface area contributed by atoms with Gasteiger partial charge < -0.3 is 37.6 Å². The third-order valence-corrected chi connectivity index (χ3v) is 3.44. The Labute approximate surface area is 160 Å². The Kier molecular flexibility index (Phi) is 10.2. The number of amides is 4. The number of carboxylic acid groups (broad SMARTS) is 2. The van der Waals surface area contributed by atoms with E-state index < -0.39 is 79.0 Å². The van der Waals surface area contributed by atoms with Crippen LogP contribution in [0, 0.1) is 5.92 Å². The van der Waals surface area contributed by atoms with Crippen molar-refractivity contribution in [2.75, 3.05) is 6.54 Å². The number of hydrogen-bond donors (Lipinski definition) is 7. The van der Waals surface area contributed by atoms with Gasteiger partial charge in [-0.3, -0.25) is 24.0 Å². The Hall–Kier alpha value is -3.22. The van der Waals surface area contributed by atoms with Gasteiger partial charge in [-0.1, -0.05) is 13.8 Å². The molecule has 158 valence electrons. The average Bonchev–Trinajstić information content (AvgIpc) is 2.55. The van der Waals surface area contributed by atoms with E-state index in [1.165, 1.54) is 0 Å². The average molecular weight is 403 g/mol. The van der Waals surface area contributed by atoms with Crippen molar-refractivity contribution in [3.05, 3.63) is 0 Å². The Balaban J connectivity index is 4.78. The minimum Gasteiger partial charge on any atom is -0.481 e. The normalized spacial score (nSPS) is 13.7. The van der Waals surface area contributed by atoms with Gasteiger partial charge in [0.25, 0.3) is 0 Å². The van der Waals surface area contributed by atoms with Crippen molar-refractivity contribution in [3.8, 4) is 0 Å². The molecule has 0 spiro atoms. The molecule has 0 aliphatic carbocycles. The molecule has 0 aromatic carbocycles. The van der Waals surface area contributed by atoms with E-state index in [0.29, 0.717) is 0 Å². The van der Waals surface area contributed by atoms with Crippen LogP contribution in [-0.2, 0) is 28.8 Å². The largest absolute Gasteiger partial charge is 0.481 e. The summed E-state index contributed by atoms with van der Waals surface area (Å²) in [7, 11) is 0. The van der Waals surface area contributed by atoms with Crippen molar-refractivity contribution >= 4 is 35.6 Å². The number of primary amides is 1.